The van der Waals surface area contributed by atoms with Crippen LogP contribution in [0.5, 0.6) is 0 Å². The summed E-state index contributed by atoms with van der Waals surface area (Å²) in [6.45, 7) is 6.55. The van der Waals surface area contributed by atoms with E-state index in [1.165, 1.54) is 5.56 Å². The molecule has 3 nitrogen and oxygen atoms in total. The maximum Gasteiger partial charge on any atom is 0.258 e. The van der Waals surface area contributed by atoms with Gasteiger partial charge in [-0.2, -0.15) is 4.98 Å². The molecule has 0 saturated heterocycles. The Bertz CT molecular complexity index is 785. The molecule has 0 fully saturated rings. The van der Waals surface area contributed by atoms with Crippen molar-refractivity contribution in [3.05, 3.63) is 59.1 Å². The average molecular weight is 313 g/mol. The molecule has 0 aliphatic rings. The fourth-order valence-corrected chi connectivity index (χ4v) is 2.43. The molecular weight excluding hydrogens is 296 g/mol. The summed E-state index contributed by atoms with van der Waals surface area (Å²) in [7, 11) is 0. The van der Waals surface area contributed by atoms with Gasteiger partial charge in [-0.05, 0) is 35.2 Å². The van der Waals surface area contributed by atoms with Crippen LogP contribution in [-0.4, -0.2) is 10.1 Å². The summed E-state index contributed by atoms with van der Waals surface area (Å²) < 4.78 is 5.37. The molecule has 2 aromatic carbocycles. The van der Waals surface area contributed by atoms with Gasteiger partial charge in [-0.15, -0.1) is 0 Å². The normalized spacial score (nSPS) is 11.6. The molecule has 112 valence electrons. The average Bonchev–Trinajstić information content (AvgIpc) is 2.96. The Labute approximate surface area is 134 Å². The van der Waals surface area contributed by atoms with Crippen LogP contribution in [0.25, 0.3) is 22.8 Å². The summed E-state index contributed by atoms with van der Waals surface area (Å²) >= 11 is 6.16. The first-order valence-corrected chi connectivity index (χ1v) is 7.52. The second-order valence-corrected chi connectivity index (χ2v) is 6.64. The van der Waals surface area contributed by atoms with Gasteiger partial charge < -0.3 is 4.52 Å². The summed E-state index contributed by atoms with van der Waals surface area (Å²) in [6.07, 6.45) is 0. The molecule has 0 N–H and O–H groups in total. The molecule has 1 heterocycles. The minimum Gasteiger partial charge on any atom is -0.334 e. The number of hydrogen-bond acceptors (Lipinski definition) is 3. The van der Waals surface area contributed by atoms with Crippen molar-refractivity contribution in [2.75, 3.05) is 0 Å². The number of benzene rings is 2. The van der Waals surface area contributed by atoms with Gasteiger partial charge in [0.2, 0.25) is 5.82 Å². The van der Waals surface area contributed by atoms with Gasteiger partial charge in [-0.25, -0.2) is 0 Å². The van der Waals surface area contributed by atoms with E-state index in [9.17, 15) is 0 Å². The highest BCUT2D eigenvalue weighted by molar-refractivity contribution is 6.33. The van der Waals surface area contributed by atoms with E-state index >= 15 is 0 Å². The van der Waals surface area contributed by atoms with Gasteiger partial charge in [0.15, 0.2) is 0 Å². The van der Waals surface area contributed by atoms with Crippen LogP contribution >= 0.6 is 11.6 Å². The Hall–Kier alpha value is -2.13. The fraction of sp³-hybridized carbons (Fsp3) is 0.222. The second kappa shape index (κ2) is 5.58. The molecule has 0 atom stereocenters. The van der Waals surface area contributed by atoms with Crippen LogP contribution in [0.3, 0.4) is 0 Å². The molecule has 0 saturated carbocycles. The molecule has 0 aliphatic carbocycles. The third kappa shape index (κ3) is 2.90. The van der Waals surface area contributed by atoms with Crippen LogP contribution in [0.4, 0.5) is 0 Å². The zero-order valence-electron chi connectivity index (χ0n) is 12.8. The Morgan fingerprint density at radius 2 is 1.64 bits per heavy atom. The predicted molar refractivity (Wildman–Crippen MR) is 88.9 cm³/mol. The zero-order chi connectivity index (χ0) is 15.7. The second-order valence-electron chi connectivity index (χ2n) is 6.23. The van der Waals surface area contributed by atoms with E-state index in [0.717, 1.165) is 11.1 Å². The highest BCUT2D eigenvalue weighted by atomic mass is 35.5. The maximum absolute atomic E-state index is 6.16. The zero-order valence-corrected chi connectivity index (χ0v) is 13.6. The maximum atomic E-state index is 6.16. The van der Waals surface area contributed by atoms with E-state index in [1.807, 2.05) is 36.4 Å². The van der Waals surface area contributed by atoms with Crippen LogP contribution in [-0.2, 0) is 5.41 Å². The monoisotopic (exact) mass is 312 g/mol. The molecule has 22 heavy (non-hydrogen) atoms. The van der Waals surface area contributed by atoms with Crippen LogP contribution in [0.1, 0.15) is 26.3 Å². The van der Waals surface area contributed by atoms with Gasteiger partial charge in [0, 0.05) is 11.1 Å². The van der Waals surface area contributed by atoms with Crippen molar-refractivity contribution in [2.24, 2.45) is 0 Å². The lowest BCUT2D eigenvalue weighted by atomic mass is 9.87. The van der Waals surface area contributed by atoms with Crippen LogP contribution in [0, 0.1) is 0 Å². The van der Waals surface area contributed by atoms with E-state index in [-0.39, 0.29) is 5.41 Å². The third-order valence-electron chi connectivity index (χ3n) is 3.54. The number of halogens is 1. The first-order valence-electron chi connectivity index (χ1n) is 7.15. The highest BCUT2D eigenvalue weighted by Crippen LogP contribution is 2.29. The van der Waals surface area contributed by atoms with Gasteiger partial charge in [-0.1, -0.05) is 61.8 Å². The SMILES string of the molecule is CC(C)(C)c1ccc(-c2nc(-c3ccccc3Cl)no2)cc1. The summed E-state index contributed by atoms with van der Waals surface area (Å²) in [4.78, 5) is 4.44. The van der Waals surface area contributed by atoms with Crippen molar-refractivity contribution in [3.63, 3.8) is 0 Å². The molecule has 0 spiro atoms. The Morgan fingerprint density at radius 3 is 2.27 bits per heavy atom. The molecule has 3 aromatic rings. The van der Waals surface area contributed by atoms with E-state index in [4.69, 9.17) is 16.1 Å². The van der Waals surface area contributed by atoms with Crippen molar-refractivity contribution < 1.29 is 4.52 Å². The lowest BCUT2D eigenvalue weighted by molar-refractivity contribution is 0.432. The first kappa shape index (κ1) is 14.8. The summed E-state index contributed by atoms with van der Waals surface area (Å²) in [5.41, 5.74) is 3.06. The molecule has 0 bridgehead atoms. The molecule has 4 heteroatoms. The molecule has 3 rings (SSSR count). The topological polar surface area (TPSA) is 38.9 Å². The van der Waals surface area contributed by atoms with Crippen LogP contribution in [0.2, 0.25) is 5.02 Å². The van der Waals surface area contributed by atoms with Crippen molar-refractivity contribution in [2.45, 2.75) is 26.2 Å². The first-order chi connectivity index (χ1) is 10.4. The lowest BCUT2D eigenvalue weighted by Gasteiger charge is -2.18. The number of nitrogens with zero attached hydrogens (tertiary/aromatic N) is 2. The van der Waals surface area contributed by atoms with Gasteiger partial charge >= 0.3 is 0 Å². The fourth-order valence-electron chi connectivity index (χ4n) is 2.21. The number of rotatable bonds is 2. The third-order valence-corrected chi connectivity index (χ3v) is 3.87. The smallest absolute Gasteiger partial charge is 0.258 e. The largest absolute Gasteiger partial charge is 0.334 e. The van der Waals surface area contributed by atoms with Gasteiger partial charge in [0.05, 0.1) is 5.02 Å². The van der Waals surface area contributed by atoms with E-state index in [1.54, 1.807) is 0 Å². The van der Waals surface area contributed by atoms with Gasteiger partial charge in [-0.3, -0.25) is 0 Å². The minimum atomic E-state index is 0.121. The number of hydrogen-bond donors (Lipinski definition) is 0. The van der Waals surface area contributed by atoms with Crippen LogP contribution < -0.4 is 0 Å². The van der Waals surface area contributed by atoms with Crippen molar-refractivity contribution in [1.82, 2.24) is 10.1 Å². The molecule has 1 aromatic heterocycles. The molecule has 0 radical (unpaired) electrons. The highest BCUT2D eigenvalue weighted by Gasteiger charge is 2.16. The van der Waals surface area contributed by atoms with E-state index in [2.05, 4.69) is 43.0 Å². The van der Waals surface area contributed by atoms with Crippen molar-refractivity contribution in [3.8, 4) is 22.8 Å². The Morgan fingerprint density at radius 1 is 0.955 bits per heavy atom. The summed E-state index contributed by atoms with van der Waals surface area (Å²) in [6, 6.07) is 15.6. The summed E-state index contributed by atoms with van der Waals surface area (Å²) in [5, 5.41) is 4.63. The molecule has 0 unspecified atom stereocenters. The van der Waals surface area contributed by atoms with Crippen LogP contribution in [0.15, 0.2) is 53.1 Å². The summed E-state index contributed by atoms with van der Waals surface area (Å²) in [5.74, 6) is 0.996. The Kier molecular flexibility index (Phi) is 3.75. The standard InChI is InChI=1S/C18H17ClN2O/c1-18(2,3)13-10-8-12(9-11-13)17-20-16(21-22-17)14-6-4-5-7-15(14)19/h4-11H,1-3H3. The Balaban J connectivity index is 1.93. The molecule has 0 aliphatic heterocycles. The van der Waals surface area contributed by atoms with Crippen molar-refractivity contribution in [1.29, 1.82) is 0 Å². The van der Waals surface area contributed by atoms with Crippen molar-refractivity contribution >= 4 is 11.6 Å². The van der Waals surface area contributed by atoms with Gasteiger partial charge in [0.25, 0.3) is 5.89 Å². The molecule has 0 amide bonds. The van der Waals surface area contributed by atoms with Gasteiger partial charge in [0.1, 0.15) is 0 Å². The van der Waals surface area contributed by atoms with E-state index < -0.39 is 0 Å². The molecular formula is C18H17ClN2O. The predicted octanol–water partition coefficient (Wildman–Crippen LogP) is 5.35. The quantitative estimate of drug-likeness (QED) is 0.640. The minimum absolute atomic E-state index is 0.121. The van der Waals surface area contributed by atoms with E-state index in [0.29, 0.717) is 16.7 Å². The number of aromatic nitrogens is 2. The lowest BCUT2D eigenvalue weighted by Crippen LogP contribution is -2.10.